The Morgan fingerprint density at radius 2 is 1.90 bits per heavy atom. The van der Waals surface area contributed by atoms with Crippen LogP contribution in [0.2, 0.25) is 0 Å². The lowest BCUT2D eigenvalue weighted by Gasteiger charge is -2.13. The summed E-state index contributed by atoms with van der Waals surface area (Å²) in [5.74, 6) is 0. The maximum absolute atomic E-state index is 12.6. The Morgan fingerprint density at radius 1 is 1.25 bits per heavy atom. The number of phosphoric acid groups is 1. The maximum atomic E-state index is 12.6. The third-order valence-corrected chi connectivity index (χ3v) is 3.62. The maximum Gasteiger partial charge on any atom is 0.549 e. The Balaban J connectivity index is 2.47. The highest BCUT2D eigenvalue weighted by atomic mass is 31.2. The van der Waals surface area contributed by atoms with Gasteiger partial charge in [0.1, 0.15) is 11.0 Å². The molecule has 0 unspecified atom stereocenters. The van der Waals surface area contributed by atoms with E-state index in [0.29, 0.717) is 4.85 Å². The molecule has 1 heterocycles. The SMILES string of the molecule is COP(=O)(OC)On1nnc2ccc(C(F)(F)F)cc21. The fourth-order valence-electron chi connectivity index (χ4n) is 1.37. The van der Waals surface area contributed by atoms with Gasteiger partial charge in [0, 0.05) is 14.2 Å². The van der Waals surface area contributed by atoms with Gasteiger partial charge in [-0.15, -0.1) is 5.10 Å². The molecule has 20 heavy (non-hydrogen) atoms. The quantitative estimate of drug-likeness (QED) is 0.806. The van der Waals surface area contributed by atoms with E-state index in [1.54, 1.807) is 0 Å². The standard InChI is InChI=1S/C9H9F3N3O4P/c1-17-20(16,18-2)19-15-8-5-6(9(10,11)12)3-4-7(8)13-14-15/h3-5H,1-2H3. The van der Waals surface area contributed by atoms with Crippen molar-refractivity contribution in [2.75, 3.05) is 14.2 Å². The van der Waals surface area contributed by atoms with Crippen LogP contribution in [-0.4, -0.2) is 29.4 Å². The molecule has 0 spiro atoms. The molecule has 0 N–H and O–H groups in total. The largest absolute Gasteiger partial charge is 0.549 e. The van der Waals surface area contributed by atoms with Crippen LogP contribution in [0, 0.1) is 0 Å². The molecular weight excluding hydrogens is 302 g/mol. The minimum absolute atomic E-state index is 0.117. The molecule has 0 aliphatic carbocycles. The molecule has 1 aromatic carbocycles. The minimum Gasteiger partial charge on any atom is -0.291 e. The molecule has 110 valence electrons. The van der Waals surface area contributed by atoms with E-state index < -0.39 is 19.6 Å². The van der Waals surface area contributed by atoms with Crippen molar-refractivity contribution in [1.82, 2.24) is 15.2 Å². The van der Waals surface area contributed by atoms with Crippen molar-refractivity contribution in [3.8, 4) is 0 Å². The van der Waals surface area contributed by atoms with Crippen LogP contribution in [0.5, 0.6) is 0 Å². The summed E-state index contributed by atoms with van der Waals surface area (Å²) >= 11 is 0. The highest BCUT2D eigenvalue weighted by Crippen LogP contribution is 2.44. The highest BCUT2D eigenvalue weighted by Gasteiger charge is 2.32. The van der Waals surface area contributed by atoms with Crippen molar-refractivity contribution in [2.45, 2.75) is 6.18 Å². The Hall–Kier alpha value is -1.64. The number of alkyl halides is 3. The summed E-state index contributed by atoms with van der Waals surface area (Å²) in [7, 11) is -1.83. The van der Waals surface area contributed by atoms with Gasteiger partial charge in [0.15, 0.2) is 0 Å². The molecule has 0 fully saturated rings. The normalized spacial score (nSPS) is 12.8. The van der Waals surface area contributed by atoms with Crippen LogP contribution in [0.15, 0.2) is 18.2 Å². The van der Waals surface area contributed by atoms with E-state index in [2.05, 4.69) is 19.4 Å². The number of aromatic nitrogens is 3. The van der Waals surface area contributed by atoms with Gasteiger partial charge < -0.3 is 0 Å². The Bertz CT molecular complexity index is 664. The van der Waals surface area contributed by atoms with Gasteiger partial charge in [-0.1, -0.05) is 4.85 Å². The van der Waals surface area contributed by atoms with Crippen molar-refractivity contribution < 1.29 is 31.4 Å². The molecule has 7 nitrogen and oxygen atoms in total. The molecule has 2 aromatic rings. The summed E-state index contributed by atoms with van der Waals surface area (Å²) in [6.45, 7) is 0. The second kappa shape index (κ2) is 5.04. The molecule has 1 aromatic heterocycles. The number of fused-ring (bicyclic) bond motifs is 1. The van der Waals surface area contributed by atoms with Crippen LogP contribution >= 0.6 is 7.82 Å². The number of halogens is 3. The molecule has 2 rings (SSSR count). The van der Waals surface area contributed by atoms with Crippen LogP contribution in [0.25, 0.3) is 11.0 Å². The first-order valence-corrected chi connectivity index (χ1v) is 6.59. The molecule has 0 radical (unpaired) electrons. The second-order valence-electron chi connectivity index (χ2n) is 3.56. The molecule has 0 aliphatic rings. The lowest BCUT2D eigenvalue weighted by molar-refractivity contribution is -0.137. The van der Waals surface area contributed by atoms with Crippen LogP contribution in [0.3, 0.4) is 0 Å². The van der Waals surface area contributed by atoms with Crippen molar-refractivity contribution in [3.63, 3.8) is 0 Å². The smallest absolute Gasteiger partial charge is 0.291 e. The molecule has 11 heteroatoms. The van der Waals surface area contributed by atoms with Crippen molar-refractivity contribution >= 4 is 18.9 Å². The molecule has 0 saturated heterocycles. The summed E-state index contributed by atoms with van der Waals surface area (Å²) in [5, 5.41) is 7.03. The lowest BCUT2D eigenvalue weighted by atomic mass is 10.2. The van der Waals surface area contributed by atoms with E-state index in [1.165, 1.54) is 0 Å². The highest BCUT2D eigenvalue weighted by molar-refractivity contribution is 7.48. The summed E-state index contributed by atoms with van der Waals surface area (Å²) in [6.07, 6.45) is -4.53. The van der Waals surface area contributed by atoms with E-state index in [4.69, 9.17) is 4.62 Å². The third-order valence-electron chi connectivity index (χ3n) is 2.37. The van der Waals surface area contributed by atoms with Gasteiger partial charge in [0.25, 0.3) is 0 Å². The first-order chi connectivity index (χ1) is 9.29. The predicted molar refractivity (Wildman–Crippen MR) is 60.7 cm³/mol. The van der Waals surface area contributed by atoms with E-state index in [-0.39, 0.29) is 11.0 Å². The summed E-state index contributed by atoms with van der Waals surface area (Å²) in [5.41, 5.74) is -0.896. The number of rotatable bonds is 4. The number of benzene rings is 1. The monoisotopic (exact) mass is 311 g/mol. The fourth-order valence-corrected chi connectivity index (χ4v) is 1.96. The van der Waals surface area contributed by atoms with E-state index in [0.717, 1.165) is 32.4 Å². The van der Waals surface area contributed by atoms with Crippen LogP contribution < -0.4 is 4.62 Å². The Kier molecular flexibility index (Phi) is 3.72. The molecular formula is C9H9F3N3O4P. The number of phosphoric ester groups is 1. The zero-order valence-corrected chi connectivity index (χ0v) is 11.2. The van der Waals surface area contributed by atoms with Gasteiger partial charge >= 0.3 is 14.0 Å². The van der Waals surface area contributed by atoms with E-state index in [1.807, 2.05) is 0 Å². The minimum atomic E-state index is -4.53. The lowest BCUT2D eigenvalue weighted by Crippen LogP contribution is -2.13. The average Bonchev–Trinajstić information content (AvgIpc) is 2.80. The summed E-state index contributed by atoms with van der Waals surface area (Å²) in [4.78, 5) is 0.568. The second-order valence-corrected chi connectivity index (χ2v) is 5.35. The number of nitrogens with zero attached hydrogens (tertiary/aromatic N) is 3. The first kappa shape index (κ1) is 14.8. The van der Waals surface area contributed by atoms with Crippen molar-refractivity contribution in [1.29, 1.82) is 0 Å². The first-order valence-electron chi connectivity index (χ1n) is 5.13. The van der Waals surface area contributed by atoms with Crippen LogP contribution in [0.1, 0.15) is 5.56 Å². The van der Waals surface area contributed by atoms with Crippen molar-refractivity contribution in [2.24, 2.45) is 0 Å². The molecule has 0 amide bonds. The third kappa shape index (κ3) is 2.77. The van der Waals surface area contributed by atoms with Gasteiger partial charge in [-0.25, -0.2) is 4.57 Å². The Labute approximate surface area is 110 Å². The predicted octanol–water partition coefficient (Wildman–Crippen LogP) is 2.28. The average molecular weight is 311 g/mol. The molecule has 0 atom stereocenters. The fraction of sp³-hybridized carbons (Fsp3) is 0.333. The molecule has 0 saturated carbocycles. The Morgan fingerprint density at radius 3 is 2.45 bits per heavy atom. The number of hydrogen-bond donors (Lipinski definition) is 0. The van der Waals surface area contributed by atoms with Crippen molar-refractivity contribution in [3.05, 3.63) is 23.8 Å². The summed E-state index contributed by atoms with van der Waals surface area (Å²) < 4.78 is 63.5. The summed E-state index contributed by atoms with van der Waals surface area (Å²) in [6, 6.07) is 2.74. The van der Waals surface area contributed by atoms with E-state index >= 15 is 0 Å². The zero-order valence-electron chi connectivity index (χ0n) is 10.3. The van der Waals surface area contributed by atoms with Crippen LogP contribution in [0.4, 0.5) is 13.2 Å². The van der Waals surface area contributed by atoms with Gasteiger partial charge in [0.05, 0.1) is 5.56 Å². The van der Waals surface area contributed by atoms with Crippen LogP contribution in [-0.2, 0) is 19.8 Å². The molecule has 0 bridgehead atoms. The molecule has 0 aliphatic heterocycles. The number of hydrogen-bond acceptors (Lipinski definition) is 6. The van der Waals surface area contributed by atoms with Gasteiger partial charge in [-0.05, 0) is 23.4 Å². The van der Waals surface area contributed by atoms with E-state index in [9.17, 15) is 17.7 Å². The zero-order chi connectivity index (χ0) is 15.0. The van der Waals surface area contributed by atoms with Gasteiger partial charge in [-0.3, -0.25) is 13.7 Å². The topological polar surface area (TPSA) is 75.5 Å². The van der Waals surface area contributed by atoms with Gasteiger partial charge in [0.2, 0.25) is 0 Å². The van der Waals surface area contributed by atoms with Gasteiger partial charge in [-0.2, -0.15) is 13.2 Å².